The van der Waals surface area contributed by atoms with E-state index in [-0.39, 0.29) is 17.5 Å². The molecule has 0 unspecified atom stereocenters. The molecule has 0 radical (unpaired) electrons. The van der Waals surface area contributed by atoms with E-state index >= 15 is 4.39 Å². The lowest BCUT2D eigenvalue weighted by molar-refractivity contribution is -0.111. The Balaban J connectivity index is 1.71. The van der Waals surface area contributed by atoms with Crippen LogP contribution in [0.5, 0.6) is 0 Å². The second-order valence-electron chi connectivity index (χ2n) is 9.39. The van der Waals surface area contributed by atoms with E-state index in [0.717, 1.165) is 12.6 Å². The lowest BCUT2D eigenvalue weighted by Gasteiger charge is -2.22. The Morgan fingerprint density at radius 2 is 1.82 bits per heavy atom. The fourth-order valence-corrected chi connectivity index (χ4v) is 3.84. The maximum absolute atomic E-state index is 15.3. The molecule has 0 aliphatic heterocycles. The summed E-state index contributed by atoms with van der Waals surface area (Å²) in [5, 5.41) is 12.8. The van der Waals surface area contributed by atoms with Crippen molar-refractivity contribution < 1.29 is 13.6 Å². The Morgan fingerprint density at radius 1 is 1.02 bits per heavy atom. The van der Waals surface area contributed by atoms with Crippen molar-refractivity contribution in [1.82, 2.24) is 24.6 Å². The normalized spacial score (nSPS) is 10.9. The lowest BCUT2D eigenvalue weighted by atomic mass is 10.1. The summed E-state index contributed by atoms with van der Waals surface area (Å²) >= 11 is 0. The Kier molecular flexibility index (Phi) is 8.70. The average Bonchev–Trinajstić information content (AvgIpc) is 3.33. The minimum absolute atomic E-state index is 0.0506. The van der Waals surface area contributed by atoms with Crippen molar-refractivity contribution in [2.24, 2.45) is 7.05 Å². The zero-order valence-electron chi connectivity index (χ0n) is 22.7. The van der Waals surface area contributed by atoms with Crippen LogP contribution in [0.3, 0.4) is 0 Å². The number of carbonyl (C=O) groups is 1. The quantitative estimate of drug-likeness (QED) is 0.231. The molecule has 0 bridgehead atoms. The van der Waals surface area contributed by atoms with Gasteiger partial charge in [-0.1, -0.05) is 12.6 Å². The molecule has 0 saturated heterocycles. The van der Waals surface area contributed by atoms with Crippen molar-refractivity contribution in [3.63, 3.8) is 0 Å². The van der Waals surface area contributed by atoms with Gasteiger partial charge in [-0.25, -0.2) is 13.8 Å². The van der Waals surface area contributed by atoms with Crippen LogP contribution in [-0.2, 0) is 11.8 Å². The minimum Gasteiger partial charge on any atom is -0.371 e. The maximum atomic E-state index is 15.3. The third-order valence-electron chi connectivity index (χ3n) is 5.97. The van der Waals surface area contributed by atoms with Gasteiger partial charge < -0.3 is 25.8 Å². The largest absolute Gasteiger partial charge is 0.371 e. The molecule has 1 amide bonds. The van der Waals surface area contributed by atoms with E-state index in [2.05, 4.69) is 37.6 Å². The summed E-state index contributed by atoms with van der Waals surface area (Å²) in [5.74, 6) is -0.985. The number of hydrogen-bond donors (Lipinski definition) is 3. The molecule has 0 atom stereocenters. The third-order valence-corrected chi connectivity index (χ3v) is 5.97. The first-order valence-corrected chi connectivity index (χ1v) is 12.4. The third kappa shape index (κ3) is 6.97. The zero-order chi connectivity index (χ0) is 28.8. The Bertz CT molecular complexity index is 1520. The van der Waals surface area contributed by atoms with Crippen LogP contribution in [0.2, 0.25) is 0 Å². The molecule has 3 N–H and O–H groups in total. The van der Waals surface area contributed by atoms with E-state index in [9.17, 15) is 9.18 Å². The first-order chi connectivity index (χ1) is 19.1. The molecule has 208 valence electrons. The number of nitrogens with one attached hydrogen (secondary N) is 3. The number of anilines is 6. The summed E-state index contributed by atoms with van der Waals surface area (Å²) in [6.07, 6.45) is 6.00. The van der Waals surface area contributed by atoms with Gasteiger partial charge in [-0.3, -0.25) is 9.48 Å². The standard InChI is InChI=1S/C28H31F2N9O/c1-6-26(40)33-19-8-9-22(29)24(14-19)35-27-21(16-31-28(36-27)34-20-15-32-39(5)17-20)18-7-10-25(23(30)13-18)38(4)12-11-37(2)3/h6-10,13-17H,1,11-12H2,2-5H3,(H,33,40)(H2,31,34,35,36). The smallest absolute Gasteiger partial charge is 0.247 e. The van der Waals surface area contributed by atoms with Gasteiger partial charge >= 0.3 is 0 Å². The Morgan fingerprint density at radius 3 is 2.50 bits per heavy atom. The van der Waals surface area contributed by atoms with Crippen LogP contribution >= 0.6 is 0 Å². The molecule has 0 fully saturated rings. The molecular formula is C28H31F2N9O. The van der Waals surface area contributed by atoms with Gasteiger partial charge in [-0.05, 0) is 56.1 Å². The Labute approximate surface area is 231 Å². The number of likely N-dealkylation sites (N-methyl/N-ethyl adjacent to an activating group) is 2. The zero-order valence-corrected chi connectivity index (χ0v) is 22.7. The average molecular weight is 548 g/mol. The van der Waals surface area contributed by atoms with Gasteiger partial charge in [-0.2, -0.15) is 10.1 Å². The summed E-state index contributed by atoms with van der Waals surface area (Å²) < 4.78 is 31.7. The highest BCUT2D eigenvalue weighted by molar-refractivity contribution is 5.99. The molecule has 10 nitrogen and oxygen atoms in total. The van der Waals surface area contributed by atoms with E-state index in [0.29, 0.717) is 34.7 Å². The first kappa shape index (κ1) is 28.2. The SMILES string of the molecule is C=CC(=O)Nc1ccc(F)c(Nc2nc(Nc3cnn(C)c3)ncc2-c2ccc(N(C)CCN(C)C)c(F)c2)c1. The second-order valence-corrected chi connectivity index (χ2v) is 9.39. The number of amides is 1. The van der Waals surface area contributed by atoms with E-state index in [4.69, 9.17) is 0 Å². The summed E-state index contributed by atoms with van der Waals surface area (Å²) in [4.78, 5) is 24.6. The Hall–Kier alpha value is -4.84. The number of rotatable bonds is 11. The van der Waals surface area contributed by atoms with Gasteiger partial charge in [0.1, 0.15) is 17.5 Å². The molecule has 4 aromatic rings. The van der Waals surface area contributed by atoms with E-state index in [1.165, 1.54) is 30.5 Å². The van der Waals surface area contributed by atoms with Gasteiger partial charge in [0, 0.05) is 50.8 Å². The molecular weight excluding hydrogens is 516 g/mol. The number of benzene rings is 2. The number of aromatic nitrogens is 4. The number of carbonyl (C=O) groups excluding carboxylic acids is 1. The van der Waals surface area contributed by atoms with Crippen LogP contribution in [0.1, 0.15) is 0 Å². The van der Waals surface area contributed by atoms with E-state index < -0.39 is 17.5 Å². The highest BCUT2D eigenvalue weighted by atomic mass is 19.1. The topological polar surface area (TPSA) is 103 Å². The monoisotopic (exact) mass is 547 g/mol. The highest BCUT2D eigenvalue weighted by Crippen LogP contribution is 2.33. The fraction of sp³-hybridized carbons (Fsp3) is 0.214. The number of halogens is 2. The van der Waals surface area contributed by atoms with Crippen LogP contribution < -0.4 is 20.9 Å². The maximum Gasteiger partial charge on any atom is 0.247 e. The molecule has 2 aromatic heterocycles. The summed E-state index contributed by atoms with van der Waals surface area (Å²) in [5.41, 5.74) is 2.45. The van der Waals surface area contributed by atoms with Gasteiger partial charge in [0.25, 0.3) is 0 Å². The van der Waals surface area contributed by atoms with Crippen molar-refractivity contribution in [2.75, 3.05) is 55.1 Å². The predicted molar refractivity (Wildman–Crippen MR) is 154 cm³/mol. The lowest BCUT2D eigenvalue weighted by Crippen LogP contribution is -2.28. The van der Waals surface area contributed by atoms with Crippen LogP contribution in [0.15, 0.2) is 67.6 Å². The highest BCUT2D eigenvalue weighted by Gasteiger charge is 2.16. The molecule has 0 spiro atoms. The molecule has 0 saturated carbocycles. The van der Waals surface area contributed by atoms with Gasteiger partial charge in [0.05, 0.1) is 23.3 Å². The number of aryl methyl sites for hydroxylation is 1. The number of hydrogen-bond acceptors (Lipinski definition) is 8. The first-order valence-electron chi connectivity index (χ1n) is 12.4. The summed E-state index contributed by atoms with van der Waals surface area (Å²) in [6.45, 7) is 4.84. The molecule has 4 rings (SSSR count). The van der Waals surface area contributed by atoms with Crippen molar-refractivity contribution in [3.8, 4) is 11.1 Å². The minimum atomic E-state index is -0.577. The van der Waals surface area contributed by atoms with Crippen molar-refractivity contribution in [3.05, 3.63) is 79.3 Å². The molecule has 2 aromatic carbocycles. The predicted octanol–water partition coefficient (Wildman–Crippen LogP) is 4.76. The van der Waals surface area contributed by atoms with Crippen LogP contribution in [0.4, 0.5) is 43.3 Å². The molecule has 0 aliphatic carbocycles. The van der Waals surface area contributed by atoms with Crippen molar-refractivity contribution in [1.29, 1.82) is 0 Å². The van der Waals surface area contributed by atoms with Crippen LogP contribution in [0, 0.1) is 11.6 Å². The fourth-order valence-electron chi connectivity index (χ4n) is 3.84. The van der Waals surface area contributed by atoms with Gasteiger partial charge in [0.2, 0.25) is 11.9 Å². The summed E-state index contributed by atoms with van der Waals surface area (Å²) in [6, 6.07) is 8.93. The van der Waals surface area contributed by atoms with Gasteiger partial charge in [-0.15, -0.1) is 0 Å². The second kappa shape index (κ2) is 12.3. The van der Waals surface area contributed by atoms with Crippen molar-refractivity contribution >= 4 is 40.4 Å². The molecule has 12 heteroatoms. The molecule has 2 heterocycles. The van der Waals surface area contributed by atoms with Crippen molar-refractivity contribution in [2.45, 2.75) is 0 Å². The van der Waals surface area contributed by atoms with E-state index in [1.54, 1.807) is 36.3 Å². The summed E-state index contributed by atoms with van der Waals surface area (Å²) in [7, 11) is 7.53. The molecule has 40 heavy (non-hydrogen) atoms. The van der Waals surface area contributed by atoms with E-state index in [1.807, 2.05) is 30.9 Å². The van der Waals surface area contributed by atoms with Gasteiger partial charge in [0.15, 0.2) is 0 Å². The molecule has 0 aliphatic rings. The van der Waals surface area contributed by atoms with Crippen LogP contribution in [-0.4, -0.2) is 64.8 Å². The van der Waals surface area contributed by atoms with Crippen LogP contribution in [0.25, 0.3) is 11.1 Å². The number of nitrogens with zero attached hydrogens (tertiary/aromatic N) is 6.